The highest BCUT2D eigenvalue weighted by Crippen LogP contribution is 2.52. The quantitative estimate of drug-likeness (QED) is 0.214. The second-order valence-electron chi connectivity index (χ2n) is 12.5. The molecule has 0 saturated heterocycles. The van der Waals surface area contributed by atoms with E-state index >= 15 is 0 Å². The van der Waals surface area contributed by atoms with E-state index in [-0.39, 0.29) is 0 Å². The van der Waals surface area contributed by atoms with E-state index in [2.05, 4.69) is 119 Å². The number of hydrogen-bond donors (Lipinski definition) is 1. The number of hydrogen-bond acceptors (Lipinski definition) is 4. The Kier molecular flexibility index (Phi) is 5.10. The highest BCUT2D eigenvalue weighted by atomic mass is 16.5. The van der Waals surface area contributed by atoms with E-state index < -0.39 is 6.23 Å². The fourth-order valence-corrected chi connectivity index (χ4v) is 7.79. The normalized spacial score (nSPS) is 14.4. The molecule has 48 heavy (non-hydrogen) atoms. The van der Waals surface area contributed by atoms with Gasteiger partial charge in [0.15, 0.2) is 12.0 Å². The molecule has 0 spiro atoms. The number of fused-ring (bicyclic) bond motifs is 11. The number of rotatable bonds is 3. The number of furan rings is 2. The first kappa shape index (κ1) is 25.7. The molecule has 5 heteroatoms. The lowest BCUT2D eigenvalue weighted by Gasteiger charge is -2.16. The minimum atomic E-state index is -0.489. The molecule has 1 N–H and O–H groups in total. The summed E-state index contributed by atoms with van der Waals surface area (Å²) >= 11 is 0. The maximum atomic E-state index is 6.96. The number of para-hydroxylation sites is 4. The first-order chi connectivity index (χ1) is 23.8. The molecule has 5 nitrogen and oxygen atoms in total. The van der Waals surface area contributed by atoms with Gasteiger partial charge in [-0.3, -0.25) is 0 Å². The van der Waals surface area contributed by atoms with Crippen LogP contribution >= 0.6 is 0 Å². The van der Waals surface area contributed by atoms with Gasteiger partial charge in [-0.1, -0.05) is 103 Å². The van der Waals surface area contributed by atoms with Crippen LogP contribution in [0.1, 0.15) is 11.8 Å². The zero-order valence-electron chi connectivity index (χ0n) is 25.6. The van der Waals surface area contributed by atoms with Gasteiger partial charge in [-0.15, -0.1) is 0 Å². The Morgan fingerprint density at radius 2 is 1.12 bits per heavy atom. The van der Waals surface area contributed by atoms with Gasteiger partial charge in [0.05, 0.1) is 38.7 Å². The minimum absolute atomic E-state index is 0.489. The van der Waals surface area contributed by atoms with Crippen LogP contribution < -0.4 is 10.1 Å². The predicted molar refractivity (Wildman–Crippen MR) is 194 cm³/mol. The van der Waals surface area contributed by atoms with Crippen LogP contribution in [0.3, 0.4) is 0 Å². The summed E-state index contributed by atoms with van der Waals surface area (Å²) < 4.78 is 22.5. The maximum Gasteiger partial charge on any atom is 0.200 e. The third-order valence-corrected chi connectivity index (χ3v) is 9.85. The monoisotopic (exact) mass is 618 g/mol. The van der Waals surface area contributed by atoms with Crippen LogP contribution in [0.4, 0.5) is 5.69 Å². The van der Waals surface area contributed by atoms with Crippen LogP contribution in [0.15, 0.2) is 154 Å². The number of benzene rings is 7. The van der Waals surface area contributed by atoms with Crippen LogP contribution in [-0.4, -0.2) is 4.57 Å². The Hall–Kier alpha value is -6.46. The van der Waals surface area contributed by atoms with Crippen LogP contribution in [0.25, 0.3) is 82.5 Å². The molecular formula is C43H26N2O3. The molecule has 0 fully saturated rings. The van der Waals surface area contributed by atoms with Gasteiger partial charge in [-0.05, 0) is 48.0 Å². The summed E-state index contributed by atoms with van der Waals surface area (Å²) in [6.07, 6.45) is -0.489. The number of nitrogens with zero attached hydrogens (tertiary/aromatic N) is 1. The molecule has 0 aliphatic carbocycles. The van der Waals surface area contributed by atoms with Gasteiger partial charge in [0.1, 0.15) is 22.3 Å². The molecule has 4 heterocycles. The molecule has 3 aromatic heterocycles. The number of anilines is 1. The second kappa shape index (κ2) is 9.53. The van der Waals surface area contributed by atoms with Crippen LogP contribution in [0.2, 0.25) is 0 Å². The molecule has 1 atom stereocenters. The maximum absolute atomic E-state index is 6.96. The van der Waals surface area contributed by atoms with E-state index in [9.17, 15) is 0 Å². The number of aromatic nitrogens is 1. The summed E-state index contributed by atoms with van der Waals surface area (Å²) in [6, 6.07) is 50.5. The average Bonchev–Trinajstić information content (AvgIpc) is 3.91. The third-order valence-electron chi connectivity index (χ3n) is 9.85. The first-order valence-corrected chi connectivity index (χ1v) is 16.2. The summed E-state index contributed by atoms with van der Waals surface area (Å²) in [5, 5.41) is 10.4. The van der Waals surface area contributed by atoms with E-state index in [0.717, 1.165) is 88.7 Å². The number of ether oxygens (including phenoxy) is 1. The van der Waals surface area contributed by atoms with Gasteiger partial charge < -0.3 is 23.5 Å². The molecule has 226 valence electrons. The molecule has 0 bridgehead atoms. The van der Waals surface area contributed by atoms with Gasteiger partial charge >= 0.3 is 0 Å². The molecule has 0 saturated carbocycles. The fraction of sp³-hybridized carbons (Fsp3) is 0.0233. The van der Waals surface area contributed by atoms with Crippen molar-refractivity contribution in [2.24, 2.45) is 0 Å². The predicted octanol–water partition coefficient (Wildman–Crippen LogP) is 11.8. The lowest BCUT2D eigenvalue weighted by Crippen LogP contribution is -2.11. The largest absolute Gasteiger partial charge is 0.463 e. The Morgan fingerprint density at radius 3 is 1.85 bits per heavy atom. The molecule has 11 rings (SSSR count). The summed E-state index contributed by atoms with van der Waals surface area (Å²) in [4.78, 5) is 0. The van der Waals surface area contributed by atoms with E-state index in [0.29, 0.717) is 0 Å². The lowest BCUT2D eigenvalue weighted by molar-refractivity contribution is 0.261. The van der Waals surface area contributed by atoms with E-state index in [1.165, 1.54) is 10.8 Å². The van der Waals surface area contributed by atoms with E-state index in [1.807, 2.05) is 36.4 Å². The van der Waals surface area contributed by atoms with Crippen LogP contribution in [0, 0.1) is 0 Å². The van der Waals surface area contributed by atoms with Crippen molar-refractivity contribution in [1.82, 2.24) is 4.57 Å². The van der Waals surface area contributed by atoms with Crippen molar-refractivity contribution in [3.8, 4) is 22.6 Å². The molecule has 7 aromatic carbocycles. The SMILES string of the molecule is c1ccc(-c2cc3oc4ccccc4c3c3c2OC(c2ccc(-n4c5ccccc5c5ccccc54)c4c2oc2ccccc24)N3)cc1. The Balaban J connectivity index is 1.17. The van der Waals surface area contributed by atoms with Crippen molar-refractivity contribution in [1.29, 1.82) is 0 Å². The molecule has 1 aliphatic heterocycles. The highest BCUT2D eigenvalue weighted by molar-refractivity contribution is 6.17. The zero-order chi connectivity index (χ0) is 31.3. The summed E-state index contributed by atoms with van der Waals surface area (Å²) in [6.45, 7) is 0. The molecular weight excluding hydrogens is 592 g/mol. The first-order valence-electron chi connectivity index (χ1n) is 16.2. The van der Waals surface area contributed by atoms with Crippen molar-refractivity contribution < 1.29 is 13.6 Å². The Morgan fingerprint density at radius 1 is 0.521 bits per heavy atom. The van der Waals surface area contributed by atoms with Crippen molar-refractivity contribution in [3.63, 3.8) is 0 Å². The fourth-order valence-electron chi connectivity index (χ4n) is 7.79. The summed E-state index contributed by atoms with van der Waals surface area (Å²) in [5.74, 6) is 0.806. The van der Waals surface area contributed by atoms with Crippen molar-refractivity contribution in [2.75, 3.05) is 5.32 Å². The molecule has 1 unspecified atom stereocenters. The summed E-state index contributed by atoms with van der Waals surface area (Å²) in [7, 11) is 0. The van der Waals surface area contributed by atoms with Gasteiger partial charge in [-0.25, -0.2) is 0 Å². The zero-order valence-corrected chi connectivity index (χ0v) is 25.6. The van der Waals surface area contributed by atoms with Crippen molar-refractivity contribution in [3.05, 3.63) is 151 Å². The highest BCUT2D eigenvalue weighted by Gasteiger charge is 2.33. The van der Waals surface area contributed by atoms with Crippen LogP contribution in [0.5, 0.6) is 5.75 Å². The average molecular weight is 619 g/mol. The standard InChI is InChI=1S/C43H26N2O3/c1-2-12-25(13-3-1)31-24-37-39(29-17-7-10-20-35(29)46-37)40-42(31)48-43(44-40)30-22-23-34(38-28-16-6-11-21-36(28)47-41(30)38)45-32-18-8-4-14-26(32)27-15-5-9-19-33(27)45/h1-24,43-44H. The van der Waals surface area contributed by atoms with Crippen LogP contribution in [-0.2, 0) is 0 Å². The second-order valence-corrected chi connectivity index (χ2v) is 12.5. The molecule has 10 aromatic rings. The molecule has 1 aliphatic rings. The summed E-state index contributed by atoms with van der Waals surface area (Å²) in [5.41, 5.74) is 10.6. The topological polar surface area (TPSA) is 52.5 Å². The van der Waals surface area contributed by atoms with Gasteiger partial charge in [0.2, 0.25) is 0 Å². The van der Waals surface area contributed by atoms with Crippen molar-refractivity contribution >= 4 is 71.4 Å². The van der Waals surface area contributed by atoms with Crippen molar-refractivity contribution in [2.45, 2.75) is 6.23 Å². The Labute approximate surface area is 274 Å². The lowest BCUT2D eigenvalue weighted by atomic mass is 10.0. The number of nitrogens with one attached hydrogen (secondary N) is 1. The van der Waals surface area contributed by atoms with Gasteiger partial charge in [0, 0.05) is 27.1 Å². The van der Waals surface area contributed by atoms with Gasteiger partial charge in [-0.2, -0.15) is 0 Å². The van der Waals surface area contributed by atoms with E-state index in [4.69, 9.17) is 13.6 Å². The molecule has 0 amide bonds. The Bertz CT molecular complexity index is 2860. The molecule has 0 radical (unpaired) electrons. The third kappa shape index (κ3) is 3.45. The minimum Gasteiger partial charge on any atom is -0.463 e. The van der Waals surface area contributed by atoms with E-state index in [1.54, 1.807) is 0 Å². The van der Waals surface area contributed by atoms with Gasteiger partial charge in [0.25, 0.3) is 0 Å². The smallest absolute Gasteiger partial charge is 0.200 e.